The molecule has 0 spiro atoms. The minimum Gasteiger partial charge on any atom is -0.427 e. The molecule has 0 aliphatic carbocycles. The topological polar surface area (TPSA) is 93.6 Å². The molecule has 0 unspecified atom stereocenters. The highest BCUT2D eigenvalue weighted by Crippen LogP contribution is 2.15. The van der Waals surface area contributed by atoms with Gasteiger partial charge in [0.1, 0.15) is 5.75 Å². The van der Waals surface area contributed by atoms with E-state index >= 15 is 0 Å². The maximum atomic E-state index is 10.6. The van der Waals surface area contributed by atoms with E-state index in [1.165, 1.54) is 19.1 Å². The Morgan fingerprint density at radius 1 is 1.10 bits per heavy atom. The Kier molecular flexibility index (Phi) is 5.82. The Morgan fingerprint density at radius 2 is 1.65 bits per heavy atom. The van der Waals surface area contributed by atoms with Gasteiger partial charge in [-0.25, -0.2) is 0 Å². The summed E-state index contributed by atoms with van der Waals surface area (Å²) in [4.78, 5) is 14.0. The highest BCUT2D eigenvalue weighted by molar-refractivity contribution is 7.85. The number of hydrogen-bond donors (Lipinski definition) is 1. The number of ether oxygens (including phenoxy) is 1. The van der Waals surface area contributed by atoms with Gasteiger partial charge in [-0.3, -0.25) is 14.3 Å². The van der Waals surface area contributed by atoms with Crippen LogP contribution in [0.15, 0.2) is 59.8 Å². The Labute approximate surface area is 116 Å². The van der Waals surface area contributed by atoms with Gasteiger partial charge in [0.15, 0.2) is 0 Å². The largest absolute Gasteiger partial charge is 0.427 e. The first-order valence-electron chi connectivity index (χ1n) is 5.50. The number of carbonyl (C=O) groups is 1. The minimum atomic E-state index is -4.19. The Bertz CT molecular complexity index is 612. The van der Waals surface area contributed by atoms with Crippen LogP contribution < -0.4 is 4.74 Å². The van der Waals surface area contributed by atoms with Crippen molar-refractivity contribution in [1.82, 2.24) is 4.98 Å². The first kappa shape index (κ1) is 15.8. The van der Waals surface area contributed by atoms with Gasteiger partial charge in [0.2, 0.25) is 0 Å². The van der Waals surface area contributed by atoms with Gasteiger partial charge >= 0.3 is 5.97 Å². The first-order chi connectivity index (χ1) is 9.39. The zero-order valence-electron chi connectivity index (χ0n) is 10.6. The molecule has 0 amide bonds. The summed E-state index contributed by atoms with van der Waals surface area (Å²) in [5, 5.41) is 0. The molecule has 1 N–H and O–H groups in total. The average molecular weight is 295 g/mol. The normalized spacial score (nSPS) is 10.1. The summed E-state index contributed by atoms with van der Waals surface area (Å²) in [6, 6.07) is 10.6. The summed E-state index contributed by atoms with van der Waals surface area (Å²) in [5.74, 6) is -0.269. The van der Waals surface area contributed by atoms with E-state index < -0.39 is 16.1 Å². The van der Waals surface area contributed by atoms with Crippen LogP contribution in [0.4, 0.5) is 0 Å². The van der Waals surface area contributed by atoms with Crippen LogP contribution in [0, 0.1) is 0 Å². The zero-order chi connectivity index (χ0) is 15.0. The fourth-order valence-corrected chi connectivity index (χ4v) is 1.64. The van der Waals surface area contributed by atoms with Crippen molar-refractivity contribution >= 4 is 16.1 Å². The van der Waals surface area contributed by atoms with Gasteiger partial charge in [0.05, 0.1) is 4.90 Å². The summed E-state index contributed by atoms with van der Waals surface area (Å²) in [6.07, 6.45) is 3.50. The molecular formula is C13H13NO5S. The molecule has 7 heteroatoms. The highest BCUT2D eigenvalue weighted by atomic mass is 32.2. The van der Waals surface area contributed by atoms with Gasteiger partial charge in [0, 0.05) is 19.3 Å². The summed E-state index contributed by atoms with van der Waals surface area (Å²) in [6.45, 7) is 1.23. The first-order valence-corrected chi connectivity index (χ1v) is 6.94. The fraction of sp³-hybridized carbons (Fsp3) is 0.0769. The summed E-state index contributed by atoms with van der Waals surface area (Å²) < 4.78 is 34.5. The zero-order valence-corrected chi connectivity index (χ0v) is 11.4. The van der Waals surface area contributed by atoms with Crippen LogP contribution in [0.25, 0.3) is 0 Å². The van der Waals surface area contributed by atoms with Crippen molar-refractivity contribution in [3.05, 3.63) is 54.9 Å². The van der Waals surface area contributed by atoms with E-state index in [1.54, 1.807) is 12.4 Å². The fourth-order valence-electron chi connectivity index (χ4n) is 1.16. The molecule has 106 valence electrons. The third-order valence-electron chi connectivity index (χ3n) is 1.95. The van der Waals surface area contributed by atoms with Crippen LogP contribution >= 0.6 is 0 Å². The molecule has 0 aliphatic rings. The lowest BCUT2D eigenvalue weighted by atomic mass is 10.3. The van der Waals surface area contributed by atoms with E-state index in [0.29, 0.717) is 0 Å². The van der Waals surface area contributed by atoms with Crippen LogP contribution in [0.1, 0.15) is 6.92 Å². The van der Waals surface area contributed by atoms with Crippen LogP contribution in [-0.4, -0.2) is 23.9 Å². The molecule has 0 radical (unpaired) electrons. The number of carbonyl (C=O) groups excluding carboxylic acids is 1. The molecule has 0 saturated carbocycles. The molecule has 0 fully saturated rings. The van der Waals surface area contributed by atoms with E-state index in [1.807, 2.05) is 18.2 Å². The van der Waals surface area contributed by atoms with Gasteiger partial charge in [-0.1, -0.05) is 6.07 Å². The summed E-state index contributed by atoms with van der Waals surface area (Å²) >= 11 is 0. The van der Waals surface area contributed by atoms with Crippen LogP contribution in [0.5, 0.6) is 5.75 Å². The van der Waals surface area contributed by atoms with E-state index in [9.17, 15) is 13.2 Å². The molecule has 0 atom stereocenters. The molecule has 0 aliphatic heterocycles. The standard InChI is InChI=1S/C8H8O5S.C5H5N/c1-6(9)13-7-2-4-8(5-3-7)14(10,11)12;1-2-4-6-5-3-1/h2-5H,1H3,(H,10,11,12);1-5H. The summed E-state index contributed by atoms with van der Waals surface area (Å²) in [5.41, 5.74) is 0. The predicted octanol–water partition coefficient (Wildman–Crippen LogP) is 1.94. The minimum absolute atomic E-state index is 0.227. The van der Waals surface area contributed by atoms with E-state index in [-0.39, 0.29) is 10.6 Å². The van der Waals surface area contributed by atoms with Gasteiger partial charge in [0.25, 0.3) is 10.1 Å². The lowest BCUT2D eigenvalue weighted by molar-refractivity contribution is -0.131. The second-order valence-corrected chi connectivity index (χ2v) is 4.99. The monoisotopic (exact) mass is 295 g/mol. The lowest BCUT2D eigenvalue weighted by Gasteiger charge is -2.01. The molecule has 20 heavy (non-hydrogen) atoms. The van der Waals surface area contributed by atoms with Crippen molar-refractivity contribution in [2.45, 2.75) is 11.8 Å². The highest BCUT2D eigenvalue weighted by Gasteiger charge is 2.08. The van der Waals surface area contributed by atoms with Crippen molar-refractivity contribution in [2.24, 2.45) is 0 Å². The van der Waals surface area contributed by atoms with E-state index in [0.717, 1.165) is 12.1 Å². The Hall–Kier alpha value is -2.25. The number of benzene rings is 1. The molecular weight excluding hydrogens is 282 g/mol. The molecule has 1 heterocycles. The van der Waals surface area contributed by atoms with Gasteiger partial charge in [-0.05, 0) is 36.4 Å². The van der Waals surface area contributed by atoms with Crippen LogP contribution in [0.3, 0.4) is 0 Å². The van der Waals surface area contributed by atoms with Crippen molar-refractivity contribution in [2.75, 3.05) is 0 Å². The SMILES string of the molecule is CC(=O)Oc1ccc(S(=O)(=O)O)cc1.c1ccncc1. The second kappa shape index (κ2) is 7.37. The average Bonchev–Trinajstić information content (AvgIpc) is 2.40. The molecule has 1 aromatic carbocycles. The third-order valence-corrected chi connectivity index (χ3v) is 2.82. The number of hydrogen-bond acceptors (Lipinski definition) is 5. The number of rotatable bonds is 2. The lowest BCUT2D eigenvalue weighted by Crippen LogP contribution is -2.02. The molecule has 2 aromatic rings. The second-order valence-electron chi connectivity index (χ2n) is 3.56. The number of aromatic nitrogens is 1. The van der Waals surface area contributed by atoms with Crippen molar-refractivity contribution in [1.29, 1.82) is 0 Å². The van der Waals surface area contributed by atoms with Crippen molar-refractivity contribution in [3.8, 4) is 5.75 Å². The molecule has 0 saturated heterocycles. The van der Waals surface area contributed by atoms with Crippen LogP contribution in [-0.2, 0) is 14.9 Å². The number of nitrogens with zero attached hydrogens (tertiary/aromatic N) is 1. The summed E-state index contributed by atoms with van der Waals surface area (Å²) in [7, 11) is -4.19. The van der Waals surface area contributed by atoms with E-state index in [4.69, 9.17) is 4.55 Å². The maximum Gasteiger partial charge on any atom is 0.308 e. The Morgan fingerprint density at radius 3 is 1.95 bits per heavy atom. The number of pyridine rings is 1. The molecule has 6 nitrogen and oxygen atoms in total. The van der Waals surface area contributed by atoms with Crippen LogP contribution in [0.2, 0.25) is 0 Å². The van der Waals surface area contributed by atoms with E-state index in [2.05, 4.69) is 9.72 Å². The smallest absolute Gasteiger partial charge is 0.308 e. The molecule has 0 bridgehead atoms. The Balaban J connectivity index is 0.000000276. The molecule has 1 aromatic heterocycles. The quantitative estimate of drug-likeness (QED) is 0.517. The predicted molar refractivity (Wildman–Crippen MR) is 71.8 cm³/mol. The van der Waals surface area contributed by atoms with Gasteiger partial charge < -0.3 is 4.74 Å². The van der Waals surface area contributed by atoms with Gasteiger partial charge in [-0.15, -0.1) is 0 Å². The van der Waals surface area contributed by atoms with Crippen molar-refractivity contribution in [3.63, 3.8) is 0 Å². The number of esters is 1. The third kappa shape index (κ3) is 6.07. The maximum absolute atomic E-state index is 10.6. The van der Waals surface area contributed by atoms with Crippen molar-refractivity contribution < 1.29 is 22.5 Å². The molecule has 2 rings (SSSR count). The van der Waals surface area contributed by atoms with Gasteiger partial charge in [-0.2, -0.15) is 8.42 Å².